The van der Waals surface area contributed by atoms with Crippen molar-refractivity contribution in [2.75, 3.05) is 26.3 Å². The van der Waals surface area contributed by atoms with Crippen molar-refractivity contribution in [1.29, 1.82) is 0 Å². The van der Waals surface area contributed by atoms with Crippen LogP contribution in [0.1, 0.15) is 26.7 Å². The molecule has 1 rings (SSSR count). The van der Waals surface area contributed by atoms with Crippen LogP contribution in [0, 0.1) is 5.92 Å². The largest absolute Gasteiger partial charge is 0.381 e. The lowest BCUT2D eigenvalue weighted by Gasteiger charge is -2.19. The summed E-state index contributed by atoms with van der Waals surface area (Å²) in [7, 11) is 0. The summed E-state index contributed by atoms with van der Waals surface area (Å²) in [6.45, 7) is 7.40. The summed E-state index contributed by atoms with van der Waals surface area (Å²) >= 11 is 0. The van der Waals surface area contributed by atoms with Crippen LogP contribution in [0.15, 0.2) is 0 Å². The summed E-state index contributed by atoms with van der Waals surface area (Å²) in [5, 5.41) is 6.16. The minimum absolute atomic E-state index is 0.135. The number of amides is 1. The van der Waals surface area contributed by atoms with Gasteiger partial charge in [0.25, 0.3) is 0 Å². The molecule has 0 radical (unpaired) electrons. The highest BCUT2D eigenvalue weighted by molar-refractivity contribution is 5.76. The molecule has 15 heavy (non-hydrogen) atoms. The van der Waals surface area contributed by atoms with Gasteiger partial charge in [-0.3, -0.25) is 4.79 Å². The first-order chi connectivity index (χ1) is 7.24. The lowest BCUT2D eigenvalue weighted by atomic mass is 10.0. The fourth-order valence-corrected chi connectivity index (χ4v) is 1.77. The Morgan fingerprint density at radius 3 is 3.00 bits per heavy atom. The number of hydrogen-bond donors (Lipinski definition) is 2. The van der Waals surface area contributed by atoms with E-state index in [-0.39, 0.29) is 11.9 Å². The van der Waals surface area contributed by atoms with Crippen LogP contribution < -0.4 is 10.6 Å². The molecule has 4 heteroatoms. The Hall–Kier alpha value is -0.610. The Bertz CT molecular complexity index is 191. The first-order valence-electron chi connectivity index (χ1n) is 5.82. The quantitative estimate of drug-likeness (QED) is 0.634. The summed E-state index contributed by atoms with van der Waals surface area (Å²) in [5.41, 5.74) is 0. The van der Waals surface area contributed by atoms with Gasteiger partial charge in [-0.15, -0.1) is 0 Å². The molecule has 0 aromatic heterocycles. The Labute approximate surface area is 91.8 Å². The predicted octanol–water partition coefficient (Wildman–Crippen LogP) is 0.527. The van der Waals surface area contributed by atoms with Crippen molar-refractivity contribution in [2.24, 2.45) is 5.92 Å². The smallest absolute Gasteiger partial charge is 0.221 e. The van der Waals surface area contributed by atoms with Crippen LogP contribution in [-0.2, 0) is 9.53 Å². The summed E-state index contributed by atoms with van der Waals surface area (Å²) in [4.78, 5) is 11.5. The molecule has 2 unspecified atom stereocenters. The van der Waals surface area contributed by atoms with Crippen LogP contribution in [0.3, 0.4) is 0 Å². The first-order valence-corrected chi connectivity index (χ1v) is 5.82. The van der Waals surface area contributed by atoms with E-state index in [1.165, 1.54) is 0 Å². The van der Waals surface area contributed by atoms with Gasteiger partial charge < -0.3 is 15.4 Å². The molecule has 0 saturated carbocycles. The van der Waals surface area contributed by atoms with Gasteiger partial charge in [0.1, 0.15) is 0 Å². The molecule has 1 saturated heterocycles. The zero-order valence-corrected chi connectivity index (χ0v) is 9.71. The van der Waals surface area contributed by atoms with Crippen LogP contribution in [0.25, 0.3) is 0 Å². The maximum absolute atomic E-state index is 11.5. The third kappa shape index (κ3) is 4.62. The maximum atomic E-state index is 11.5. The zero-order valence-electron chi connectivity index (χ0n) is 9.71. The molecule has 1 fully saturated rings. The van der Waals surface area contributed by atoms with E-state index < -0.39 is 0 Å². The van der Waals surface area contributed by atoms with Crippen molar-refractivity contribution in [3.8, 4) is 0 Å². The summed E-state index contributed by atoms with van der Waals surface area (Å²) < 4.78 is 5.29. The molecule has 88 valence electrons. The molecule has 0 aliphatic carbocycles. The van der Waals surface area contributed by atoms with Gasteiger partial charge in [-0.05, 0) is 19.9 Å². The van der Waals surface area contributed by atoms with Gasteiger partial charge in [-0.25, -0.2) is 0 Å². The van der Waals surface area contributed by atoms with E-state index in [0.29, 0.717) is 12.3 Å². The number of carbonyl (C=O) groups is 1. The topological polar surface area (TPSA) is 50.4 Å². The Morgan fingerprint density at radius 2 is 2.40 bits per heavy atom. The normalized spacial score (nSPS) is 22.7. The Balaban J connectivity index is 2.13. The maximum Gasteiger partial charge on any atom is 0.221 e. The molecule has 1 amide bonds. The van der Waals surface area contributed by atoms with Crippen molar-refractivity contribution in [2.45, 2.75) is 32.7 Å². The molecule has 0 aromatic carbocycles. The molecule has 1 heterocycles. The lowest BCUT2D eigenvalue weighted by Crippen LogP contribution is -2.39. The van der Waals surface area contributed by atoms with Gasteiger partial charge in [-0.2, -0.15) is 0 Å². The monoisotopic (exact) mass is 214 g/mol. The van der Waals surface area contributed by atoms with E-state index in [2.05, 4.69) is 17.6 Å². The van der Waals surface area contributed by atoms with E-state index in [4.69, 9.17) is 4.74 Å². The highest BCUT2D eigenvalue weighted by Gasteiger charge is 2.23. The molecule has 0 aromatic rings. The van der Waals surface area contributed by atoms with Gasteiger partial charge in [0.15, 0.2) is 0 Å². The minimum atomic E-state index is 0.135. The summed E-state index contributed by atoms with van der Waals surface area (Å²) in [6, 6.07) is 0.238. The second-order valence-electron chi connectivity index (χ2n) is 4.08. The van der Waals surface area contributed by atoms with Crippen LogP contribution in [0.4, 0.5) is 0 Å². The first kappa shape index (κ1) is 12.5. The van der Waals surface area contributed by atoms with Crippen molar-refractivity contribution in [3.63, 3.8) is 0 Å². The van der Waals surface area contributed by atoms with Crippen molar-refractivity contribution >= 4 is 5.91 Å². The average Bonchev–Trinajstić information content (AvgIpc) is 2.70. The van der Waals surface area contributed by atoms with E-state index in [9.17, 15) is 4.79 Å². The van der Waals surface area contributed by atoms with E-state index in [1.54, 1.807) is 0 Å². The third-order valence-corrected chi connectivity index (χ3v) is 2.84. The summed E-state index contributed by atoms with van der Waals surface area (Å²) in [6.07, 6.45) is 1.63. The average molecular weight is 214 g/mol. The second-order valence-corrected chi connectivity index (χ2v) is 4.08. The second kappa shape index (κ2) is 6.80. The van der Waals surface area contributed by atoms with E-state index >= 15 is 0 Å². The van der Waals surface area contributed by atoms with Gasteiger partial charge >= 0.3 is 0 Å². The molecule has 0 bridgehead atoms. The minimum Gasteiger partial charge on any atom is -0.381 e. The van der Waals surface area contributed by atoms with Crippen LogP contribution in [-0.4, -0.2) is 38.3 Å². The zero-order chi connectivity index (χ0) is 11.1. The fraction of sp³-hybridized carbons (Fsp3) is 0.909. The Morgan fingerprint density at radius 1 is 1.60 bits per heavy atom. The Kier molecular flexibility index (Phi) is 5.65. The highest BCUT2D eigenvalue weighted by atomic mass is 16.5. The number of hydrogen-bond acceptors (Lipinski definition) is 3. The number of ether oxygens (including phenoxy) is 1. The number of carbonyl (C=O) groups excluding carboxylic acids is 1. The molecule has 2 N–H and O–H groups in total. The van der Waals surface area contributed by atoms with Gasteiger partial charge in [0, 0.05) is 31.5 Å². The molecular formula is C11H22N2O2. The van der Waals surface area contributed by atoms with Crippen molar-refractivity contribution in [3.05, 3.63) is 0 Å². The standard InChI is InChI=1S/C11H22N2O2/c1-3-12-6-4-11(14)13-9(2)10-5-7-15-8-10/h9-10,12H,3-8H2,1-2H3,(H,13,14). The van der Waals surface area contributed by atoms with Crippen LogP contribution >= 0.6 is 0 Å². The van der Waals surface area contributed by atoms with Crippen LogP contribution in [0.5, 0.6) is 0 Å². The van der Waals surface area contributed by atoms with Crippen molar-refractivity contribution in [1.82, 2.24) is 10.6 Å². The molecule has 4 nitrogen and oxygen atoms in total. The number of rotatable bonds is 6. The predicted molar refractivity (Wildman–Crippen MR) is 59.7 cm³/mol. The fourth-order valence-electron chi connectivity index (χ4n) is 1.77. The molecule has 2 atom stereocenters. The molecule has 0 spiro atoms. The lowest BCUT2D eigenvalue weighted by molar-refractivity contribution is -0.121. The number of nitrogens with one attached hydrogen (secondary N) is 2. The SMILES string of the molecule is CCNCCC(=O)NC(C)C1CCOC1. The molecular weight excluding hydrogens is 192 g/mol. The molecule has 1 aliphatic rings. The third-order valence-electron chi connectivity index (χ3n) is 2.84. The van der Waals surface area contributed by atoms with E-state index in [0.717, 1.165) is 32.7 Å². The highest BCUT2D eigenvalue weighted by Crippen LogP contribution is 2.16. The summed E-state index contributed by atoms with van der Waals surface area (Å²) in [5.74, 6) is 0.628. The van der Waals surface area contributed by atoms with Gasteiger partial charge in [-0.1, -0.05) is 6.92 Å². The molecule has 1 aliphatic heterocycles. The van der Waals surface area contributed by atoms with Gasteiger partial charge in [0.2, 0.25) is 5.91 Å². The van der Waals surface area contributed by atoms with Crippen LogP contribution in [0.2, 0.25) is 0 Å². The van der Waals surface area contributed by atoms with E-state index in [1.807, 2.05) is 6.92 Å². The van der Waals surface area contributed by atoms with Gasteiger partial charge in [0.05, 0.1) is 6.61 Å². The van der Waals surface area contributed by atoms with Crippen molar-refractivity contribution < 1.29 is 9.53 Å².